The van der Waals surface area contributed by atoms with Gasteiger partial charge in [-0.1, -0.05) is 47.5 Å². The summed E-state index contributed by atoms with van der Waals surface area (Å²) in [5.74, 6) is 0. The zero-order valence-corrected chi connectivity index (χ0v) is 16.1. The number of nitriles is 1. The quantitative estimate of drug-likeness (QED) is 0.502. The summed E-state index contributed by atoms with van der Waals surface area (Å²) in [5.41, 5.74) is 10.8. The highest BCUT2D eigenvalue weighted by molar-refractivity contribution is 7.12. The van der Waals surface area contributed by atoms with Crippen molar-refractivity contribution in [3.05, 3.63) is 69.0 Å². The number of anilines is 1. The van der Waals surface area contributed by atoms with Crippen LogP contribution in [0.1, 0.15) is 27.3 Å². The van der Waals surface area contributed by atoms with Crippen molar-refractivity contribution in [2.45, 2.75) is 27.7 Å². The number of thiazole rings is 1. The SMILES string of the molecule is Cc1ccc(-c2csc(/C(C#N)=N/Nc3c(C)cc(C)cc3C)n2)cc1. The van der Waals surface area contributed by atoms with E-state index in [0.29, 0.717) is 5.01 Å². The summed E-state index contributed by atoms with van der Waals surface area (Å²) in [5, 5.41) is 16.4. The number of nitrogens with zero attached hydrogens (tertiary/aromatic N) is 3. The summed E-state index contributed by atoms with van der Waals surface area (Å²) in [6, 6.07) is 14.5. The minimum absolute atomic E-state index is 0.285. The summed E-state index contributed by atoms with van der Waals surface area (Å²) in [6.07, 6.45) is 0. The van der Waals surface area contributed by atoms with Crippen LogP contribution in [0.25, 0.3) is 11.3 Å². The van der Waals surface area contributed by atoms with E-state index in [0.717, 1.165) is 28.1 Å². The van der Waals surface area contributed by atoms with Crippen molar-refractivity contribution in [1.29, 1.82) is 5.26 Å². The molecule has 0 unspecified atom stereocenters. The van der Waals surface area contributed by atoms with Crippen LogP contribution >= 0.6 is 11.3 Å². The van der Waals surface area contributed by atoms with Crippen molar-refractivity contribution < 1.29 is 0 Å². The molecule has 3 aromatic rings. The number of aromatic nitrogens is 1. The van der Waals surface area contributed by atoms with E-state index < -0.39 is 0 Å². The Hall–Kier alpha value is -2.97. The van der Waals surface area contributed by atoms with E-state index in [1.165, 1.54) is 22.5 Å². The fraction of sp³-hybridized carbons (Fsp3) is 0.190. The molecule has 0 atom stereocenters. The van der Waals surface area contributed by atoms with Crippen LogP contribution in [0, 0.1) is 39.0 Å². The molecule has 26 heavy (non-hydrogen) atoms. The molecule has 0 aliphatic rings. The van der Waals surface area contributed by atoms with Gasteiger partial charge in [0.15, 0.2) is 10.7 Å². The highest BCUT2D eigenvalue weighted by Crippen LogP contribution is 2.24. The molecule has 130 valence electrons. The fourth-order valence-corrected chi connectivity index (χ4v) is 3.59. The Balaban J connectivity index is 1.87. The van der Waals surface area contributed by atoms with Gasteiger partial charge in [-0.05, 0) is 38.8 Å². The highest BCUT2D eigenvalue weighted by Gasteiger charge is 2.11. The van der Waals surface area contributed by atoms with Crippen LogP contribution in [-0.2, 0) is 0 Å². The average Bonchev–Trinajstić information content (AvgIpc) is 3.07. The first kappa shape index (κ1) is 17.8. The Labute approximate surface area is 157 Å². The van der Waals surface area contributed by atoms with Crippen molar-refractivity contribution in [2.75, 3.05) is 5.43 Å². The monoisotopic (exact) mass is 360 g/mol. The maximum Gasteiger partial charge on any atom is 0.196 e. The van der Waals surface area contributed by atoms with Crippen LogP contribution in [0.15, 0.2) is 46.9 Å². The molecule has 1 N–H and O–H groups in total. The third kappa shape index (κ3) is 3.81. The largest absolute Gasteiger partial charge is 0.277 e. The summed E-state index contributed by atoms with van der Waals surface area (Å²) in [7, 11) is 0. The van der Waals surface area contributed by atoms with Crippen LogP contribution in [-0.4, -0.2) is 10.7 Å². The molecule has 1 heterocycles. The first-order chi connectivity index (χ1) is 12.5. The number of hydrogen-bond acceptors (Lipinski definition) is 5. The lowest BCUT2D eigenvalue weighted by Gasteiger charge is -2.10. The second kappa shape index (κ2) is 7.51. The van der Waals surface area contributed by atoms with E-state index in [9.17, 15) is 5.26 Å². The van der Waals surface area contributed by atoms with Gasteiger partial charge in [-0.3, -0.25) is 5.43 Å². The van der Waals surface area contributed by atoms with Gasteiger partial charge >= 0.3 is 0 Å². The number of hydrogen-bond donors (Lipinski definition) is 1. The van der Waals surface area contributed by atoms with E-state index in [4.69, 9.17) is 0 Å². The molecule has 0 saturated heterocycles. The van der Waals surface area contributed by atoms with Crippen LogP contribution in [0.4, 0.5) is 5.69 Å². The molecular weight excluding hydrogens is 340 g/mol. The zero-order chi connectivity index (χ0) is 18.7. The topological polar surface area (TPSA) is 61.1 Å². The molecule has 2 aromatic carbocycles. The molecule has 4 nitrogen and oxygen atoms in total. The Morgan fingerprint density at radius 2 is 1.69 bits per heavy atom. The molecule has 0 bridgehead atoms. The summed E-state index contributed by atoms with van der Waals surface area (Å²) < 4.78 is 0. The van der Waals surface area contributed by atoms with Gasteiger partial charge in [0.05, 0.1) is 11.4 Å². The molecule has 5 heteroatoms. The molecule has 0 fully saturated rings. The van der Waals surface area contributed by atoms with Crippen molar-refractivity contribution in [2.24, 2.45) is 5.10 Å². The maximum absolute atomic E-state index is 9.50. The number of rotatable bonds is 4. The van der Waals surface area contributed by atoms with Gasteiger partial charge in [-0.25, -0.2) is 4.98 Å². The van der Waals surface area contributed by atoms with Crippen molar-refractivity contribution in [1.82, 2.24) is 4.98 Å². The summed E-state index contributed by atoms with van der Waals surface area (Å²) in [6.45, 7) is 8.18. The van der Waals surface area contributed by atoms with Gasteiger partial charge in [0, 0.05) is 10.9 Å². The molecule has 0 saturated carbocycles. The first-order valence-electron chi connectivity index (χ1n) is 8.32. The van der Waals surface area contributed by atoms with E-state index >= 15 is 0 Å². The Morgan fingerprint density at radius 1 is 1.04 bits per heavy atom. The third-order valence-electron chi connectivity index (χ3n) is 4.12. The van der Waals surface area contributed by atoms with Crippen LogP contribution in [0.3, 0.4) is 0 Å². The summed E-state index contributed by atoms with van der Waals surface area (Å²) >= 11 is 1.42. The predicted octanol–water partition coefficient (Wildman–Crippen LogP) is 5.38. The van der Waals surface area contributed by atoms with Gasteiger partial charge in [0.1, 0.15) is 6.07 Å². The molecule has 1 aromatic heterocycles. The van der Waals surface area contributed by atoms with Crippen LogP contribution in [0.5, 0.6) is 0 Å². The highest BCUT2D eigenvalue weighted by atomic mass is 32.1. The minimum Gasteiger partial charge on any atom is -0.277 e. The van der Waals surface area contributed by atoms with Crippen LogP contribution in [0.2, 0.25) is 0 Å². The zero-order valence-electron chi connectivity index (χ0n) is 15.3. The molecule has 0 amide bonds. The second-order valence-corrected chi connectivity index (χ2v) is 7.22. The maximum atomic E-state index is 9.50. The Morgan fingerprint density at radius 3 is 2.31 bits per heavy atom. The molecule has 3 rings (SSSR count). The van der Waals surface area contributed by atoms with Crippen molar-refractivity contribution >= 4 is 22.7 Å². The van der Waals surface area contributed by atoms with Crippen molar-refractivity contribution in [3.8, 4) is 17.3 Å². The van der Waals surface area contributed by atoms with Gasteiger partial charge in [0.25, 0.3) is 0 Å². The molecule has 0 aliphatic carbocycles. The first-order valence-corrected chi connectivity index (χ1v) is 9.20. The summed E-state index contributed by atoms with van der Waals surface area (Å²) in [4.78, 5) is 4.58. The standard InChI is InChI=1S/C21H20N4S/c1-13-5-7-17(8-6-13)19-12-26-21(23-19)18(11-22)24-25-20-15(3)9-14(2)10-16(20)4/h5-10,12,25H,1-4H3/b24-18+. The fourth-order valence-electron chi connectivity index (χ4n) is 2.83. The number of benzene rings is 2. The van der Waals surface area contributed by atoms with Gasteiger partial charge in [0.2, 0.25) is 0 Å². The van der Waals surface area contributed by atoms with Gasteiger partial charge < -0.3 is 0 Å². The third-order valence-corrected chi connectivity index (χ3v) is 4.97. The minimum atomic E-state index is 0.285. The van der Waals surface area contributed by atoms with Gasteiger partial charge in [-0.2, -0.15) is 10.4 Å². The van der Waals surface area contributed by atoms with E-state index in [-0.39, 0.29) is 5.71 Å². The van der Waals surface area contributed by atoms with E-state index in [1.54, 1.807) is 0 Å². The number of hydrazone groups is 1. The lowest BCUT2D eigenvalue weighted by atomic mass is 10.1. The lowest BCUT2D eigenvalue weighted by Crippen LogP contribution is -2.03. The predicted molar refractivity (Wildman–Crippen MR) is 109 cm³/mol. The van der Waals surface area contributed by atoms with E-state index in [1.807, 2.05) is 31.4 Å². The Bertz CT molecular complexity index is 984. The second-order valence-electron chi connectivity index (χ2n) is 6.36. The number of nitrogens with one attached hydrogen (secondary N) is 1. The Kier molecular flexibility index (Phi) is 5.15. The van der Waals surface area contributed by atoms with Crippen molar-refractivity contribution in [3.63, 3.8) is 0 Å². The van der Waals surface area contributed by atoms with E-state index in [2.05, 4.69) is 59.7 Å². The normalized spacial score (nSPS) is 11.3. The lowest BCUT2D eigenvalue weighted by molar-refractivity contribution is 1.24. The average molecular weight is 360 g/mol. The smallest absolute Gasteiger partial charge is 0.196 e. The van der Waals surface area contributed by atoms with Crippen LogP contribution < -0.4 is 5.43 Å². The number of aryl methyl sites for hydroxylation is 4. The van der Waals surface area contributed by atoms with Gasteiger partial charge in [-0.15, -0.1) is 11.3 Å². The molecule has 0 radical (unpaired) electrons. The molecular formula is C21H20N4S. The molecule has 0 spiro atoms. The molecule has 0 aliphatic heterocycles.